The second kappa shape index (κ2) is 4.58. The van der Waals surface area contributed by atoms with Crippen molar-refractivity contribution in [1.29, 1.82) is 0 Å². The molecule has 0 fully saturated rings. The van der Waals surface area contributed by atoms with E-state index in [4.69, 9.17) is 0 Å². The number of aromatic amines is 1. The first-order valence-corrected chi connectivity index (χ1v) is 6.72. The molecule has 0 aliphatic heterocycles. The summed E-state index contributed by atoms with van der Waals surface area (Å²) in [5.74, 6) is 0.901. The molecule has 5 nitrogen and oxygen atoms in total. The summed E-state index contributed by atoms with van der Waals surface area (Å²) in [6, 6.07) is 3.88. The van der Waals surface area contributed by atoms with Crippen molar-refractivity contribution in [2.24, 2.45) is 0 Å². The Hall–Kier alpha value is -1.91. The van der Waals surface area contributed by atoms with Gasteiger partial charge in [-0.1, -0.05) is 41.5 Å². The van der Waals surface area contributed by atoms with E-state index in [1.807, 2.05) is 12.1 Å². The molecular formula is C15H22N4O. The maximum Gasteiger partial charge on any atom is 0.204 e. The monoisotopic (exact) mass is 274 g/mol. The molecule has 0 amide bonds. The van der Waals surface area contributed by atoms with Crippen LogP contribution >= 0.6 is 0 Å². The Labute approximate surface area is 119 Å². The summed E-state index contributed by atoms with van der Waals surface area (Å²) in [4.78, 5) is 0. The molecule has 0 saturated carbocycles. The molecule has 0 radical (unpaired) electrons. The quantitative estimate of drug-likeness (QED) is 0.837. The Balaban J connectivity index is 2.74. The average Bonchev–Trinajstić information content (AvgIpc) is 2.79. The van der Waals surface area contributed by atoms with E-state index in [0.29, 0.717) is 11.6 Å². The molecule has 1 aromatic carbocycles. The predicted octanol–water partition coefficient (Wildman–Crippen LogP) is 3.17. The lowest BCUT2D eigenvalue weighted by atomic mass is 9.78. The van der Waals surface area contributed by atoms with E-state index in [1.54, 1.807) is 0 Å². The van der Waals surface area contributed by atoms with Gasteiger partial charge in [-0.25, -0.2) is 0 Å². The van der Waals surface area contributed by atoms with Crippen molar-refractivity contribution in [3.05, 3.63) is 23.3 Å². The third kappa shape index (κ3) is 2.66. The highest BCUT2D eigenvalue weighted by molar-refractivity contribution is 5.63. The van der Waals surface area contributed by atoms with Gasteiger partial charge in [0, 0.05) is 16.7 Å². The number of benzene rings is 1. The van der Waals surface area contributed by atoms with Crippen LogP contribution in [-0.2, 0) is 10.8 Å². The van der Waals surface area contributed by atoms with Crippen molar-refractivity contribution >= 4 is 0 Å². The number of nitrogens with one attached hydrogen (secondary N) is 1. The molecule has 2 aromatic rings. The summed E-state index contributed by atoms with van der Waals surface area (Å²) < 4.78 is 0. The summed E-state index contributed by atoms with van der Waals surface area (Å²) in [7, 11) is 0. The molecule has 0 unspecified atom stereocenters. The molecule has 2 N–H and O–H groups in total. The second-order valence-electron chi connectivity index (χ2n) is 7.16. The van der Waals surface area contributed by atoms with Crippen LogP contribution in [0, 0.1) is 0 Å². The van der Waals surface area contributed by atoms with Crippen LogP contribution in [0.15, 0.2) is 12.1 Å². The first-order chi connectivity index (χ1) is 9.10. The van der Waals surface area contributed by atoms with E-state index in [1.165, 1.54) is 0 Å². The van der Waals surface area contributed by atoms with Crippen LogP contribution in [0.5, 0.6) is 5.75 Å². The van der Waals surface area contributed by atoms with E-state index in [0.717, 1.165) is 16.7 Å². The number of hydrogen-bond acceptors (Lipinski definition) is 4. The smallest absolute Gasteiger partial charge is 0.204 e. The summed E-state index contributed by atoms with van der Waals surface area (Å²) in [5, 5.41) is 24.8. The van der Waals surface area contributed by atoms with E-state index in [-0.39, 0.29) is 10.8 Å². The minimum absolute atomic E-state index is 0.163. The fourth-order valence-electron chi connectivity index (χ4n) is 2.19. The van der Waals surface area contributed by atoms with Gasteiger partial charge >= 0.3 is 0 Å². The Morgan fingerprint density at radius 3 is 1.80 bits per heavy atom. The lowest BCUT2D eigenvalue weighted by Gasteiger charge is -2.27. The lowest BCUT2D eigenvalue weighted by molar-refractivity contribution is 0.423. The van der Waals surface area contributed by atoms with Crippen molar-refractivity contribution in [1.82, 2.24) is 20.6 Å². The van der Waals surface area contributed by atoms with Gasteiger partial charge in [-0.15, -0.1) is 10.2 Å². The number of tetrazole rings is 1. The second-order valence-corrected chi connectivity index (χ2v) is 7.16. The molecule has 0 bridgehead atoms. The Morgan fingerprint density at radius 1 is 0.950 bits per heavy atom. The minimum Gasteiger partial charge on any atom is -0.507 e. The molecule has 108 valence electrons. The van der Waals surface area contributed by atoms with E-state index >= 15 is 0 Å². The summed E-state index contributed by atoms with van der Waals surface area (Å²) in [6.07, 6.45) is 0. The summed E-state index contributed by atoms with van der Waals surface area (Å²) in [5.41, 5.74) is 2.33. The maximum absolute atomic E-state index is 10.6. The molecule has 1 aromatic heterocycles. The number of hydrogen-bond donors (Lipinski definition) is 2. The van der Waals surface area contributed by atoms with E-state index in [9.17, 15) is 5.11 Å². The number of H-pyrrole nitrogens is 1. The van der Waals surface area contributed by atoms with Crippen molar-refractivity contribution in [3.63, 3.8) is 0 Å². The van der Waals surface area contributed by atoms with Crippen LogP contribution in [-0.4, -0.2) is 25.7 Å². The highest BCUT2D eigenvalue weighted by Gasteiger charge is 2.27. The van der Waals surface area contributed by atoms with Crippen molar-refractivity contribution in [2.75, 3.05) is 0 Å². The zero-order chi connectivity index (χ0) is 15.1. The molecule has 0 saturated heterocycles. The molecule has 0 aliphatic carbocycles. The van der Waals surface area contributed by atoms with Gasteiger partial charge in [-0.3, -0.25) is 0 Å². The first-order valence-electron chi connectivity index (χ1n) is 6.72. The SMILES string of the molecule is CC(C)(C)c1cc(-c2nn[nH]n2)cc(C(C)(C)C)c1O. The third-order valence-electron chi connectivity index (χ3n) is 3.33. The van der Waals surface area contributed by atoms with Crippen LogP contribution in [0.1, 0.15) is 52.7 Å². The fraction of sp³-hybridized carbons (Fsp3) is 0.533. The van der Waals surface area contributed by atoms with E-state index < -0.39 is 0 Å². The van der Waals surface area contributed by atoms with Crippen LogP contribution in [0.2, 0.25) is 0 Å². The Bertz CT molecular complexity index is 569. The molecule has 2 rings (SSSR count). The standard InChI is InChI=1S/C15H22N4O/c1-14(2,3)10-7-9(13-16-18-19-17-13)8-11(12(10)20)15(4,5)6/h7-8,20H,1-6H3,(H,16,17,18,19). The topological polar surface area (TPSA) is 74.7 Å². The van der Waals surface area contributed by atoms with Crippen LogP contribution < -0.4 is 0 Å². The number of aromatic nitrogens is 4. The first kappa shape index (κ1) is 14.5. The van der Waals surface area contributed by atoms with Gasteiger partial charge in [0.2, 0.25) is 5.82 Å². The molecular weight excluding hydrogens is 252 g/mol. The zero-order valence-electron chi connectivity index (χ0n) is 12.9. The van der Waals surface area contributed by atoms with Gasteiger partial charge in [0.05, 0.1) is 0 Å². The van der Waals surface area contributed by atoms with Gasteiger partial charge in [-0.2, -0.15) is 5.21 Å². The van der Waals surface area contributed by atoms with Gasteiger partial charge in [-0.05, 0) is 28.2 Å². The third-order valence-corrected chi connectivity index (χ3v) is 3.33. The summed E-state index contributed by atoms with van der Waals surface area (Å²) in [6.45, 7) is 12.5. The molecule has 0 aliphatic rings. The molecule has 1 heterocycles. The molecule has 20 heavy (non-hydrogen) atoms. The maximum atomic E-state index is 10.6. The van der Waals surface area contributed by atoms with E-state index in [2.05, 4.69) is 62.2 Å². The Morgan fingerprint density at radius 2 is 1.45 bits per heavy atom. The fourth-order valence-corrected chi connectivity index (χ4v) is 2.19. The molecule has 0 atom stereocenters. The number of rotatable bonds is 1. The van der Waals surface area contributed by atoms with Crippen molar-refractivity contribution in [3.8, 4) is 17.1 Å². The number of phenolic OH excluding ortho intramolecular Hbond substituents is 1. The van der Waals surface area contributed by atoms with Crippen LogP contribution in [0.25, 0.3) is 11.4 Å². The molecule has 5 heteroatoms. The van der Waals surface area contributed by atoms with Gasteiger partial charge in [0.1, 0.15) is 5.75 Å². The van der Waals surface area contributed by atoms with Crippen LogP contribution in [0.4, 0.5) is 0 Å². The predicted molar refractivity (Wildman–Crippen MR) is 78.7 cm³/mol. The van der Waals surface area contributed by atoms with Gasteiger partial charge < -0.3 is 5.11 Å². The number of aromatic hydroxyl groups is 1. The zero-order valence-corrected chi connectivity index (χ0v) is 12.9. The summed E-state index contributed by atoms with van der Waals surface area (Å²) >= 11 is 0. The van der Waals surface area contributed by atoms with Gasteiger partial charge in [0.25, 0.3) is 0 Å². The Kier molecular flexibility index (Phi) is 3.32. The normalized spacial score (nSPS) is 12.7. The van der Waals surface area contributed by atoms with Gasteiger partial charge in [0.15, 0.2) is 0 Å². The molecule has 0 spiro atoms. The number of nitrogens with zero attached hydrogens (tertiary/aromatic N) is 3. The highest BCUT2D eigenvalue weighted by Crippen LogP contribution is 2.41. The highest BCUT2D eigenvalue weighted by atomic mass is 16.3. The van der Waals surface area contributed by atoms with Crippen LogP contribution in [0.3, 0.4) is 0 Å². The number of phenols is 1. The average molecular weight is 274 g/mol. The lowest BCUT2D eigenvalue weighted by Crippen LogP contribution is -2.17. The van der Waals surface area contributed by atoms with Crippen molar-refractivity contribution in [2.45, 2.75) is 52.4 Å². The van der Waals surface area contributed by atoms with Crippen molar-refractivity contribution < 1.29 is 5.11 Å². The largest absolute Gasteiger partial charge is 0.507 e. The minimum atomic E-state index is -0.163.